The highest BCUT2D eigenvalue weighted by Crippen LogP contribution is 2.26. The van der Waals surface area contributed by atoms with Crippen molar-refractivity contribution in [1.29, 1.82) is 0 Å². The molecule has 0 aliphatic rings. The number of hydrogen-bond acceptors (Lipinski definition) is 4. The van der Waals surface area contributed by atoms with Gasteiger partial charge in [0, 0.05) is 65.2 Å². The molecule has 0 spiro atoms. The third kappa shape index (κ3) is 4.59. The van der Waals surface area contributed by atoms with Crippen molar-refractivity contribution in [3.63, 3.8) is 0 Å². The second-order valence-corrected chi connectivity index (χ2v) is 7.78. The highest BCUT2D eigenvalue weighted by atomic mass is 35.5. The number of carbonyl (C=O) groups excluding carboxylic acids is 1. The first kappa shape index (κ1) is 21.8. The number of fused-ring (bicyclic) bond motifs is 1. The molecule has 0 radical (unpaired) electrons. The van der Waals surface area contributed by atoms with Gasteiger partial charge in [0.1, 0.15) is 11.6 Å². The van der Waals surface area contributed by atoms with E-state index in [0.29, 0.717) is 40.0 Å². The Bertz CT molecular complexity index is 1290. The van der Waals surface area contributed by atoms with Crippen molar-refractivity contribution < 1.29 is 13.9 Å². The van der Waals surface area contributed by atoms with Crippen LogP contribution in [0.4, 0.5) is 4.39 Å². The van der Waals surface area contributed by atoms with Crippen LogP contribution in [-0.4, -0.2) is 23.0 Å². The third-order valence-electron chi connectivity index (χ3n) is 5.27. The van der Waals surface area contributed by atoms with Crippen molar-refractivity contribution in [2.24, 2.45) is 5.73 Å². The van der Waals surface area contributed by atoms with Crippen LogP contribution in [-0.2, 0) is 19.5 Å². The first-order valence-electron chi connectivity index (χ1n) is 10.0. The van der Waals surface area contributed by atoms with E-state index >= 15 is 0 Å². The van der Waals surface area contributed by atoms with E-state index in [9.17, 15) is 9.18 Å². The normalized spacial score (nSPS) is 11.0. The van der Waals surface area contributed by atoms with E-state index in [1.165, 1.54) is 6.07 Å². The summed E-state index contributed by atoms with van der Waals surface area (Å²) in [5, 5.41) is 3.97. The Morgan fingerprint density at radius 2 is 2.06 bits per heavy atom. The van der Waals surface area contributed by atoms with E-state index in [-0.39, 0.29) is 12.5 Å². The number of nitrogens with two attached hydrogens (primary N) is 1. The summed E-state index contributed by atoms with van der Waals surface area (Å²) in [4.78, 5) is 19.9. The summed E-state index contributed by atoms with van der Waals surface area (Å²) in [5.41, 5.74) is 9.77. The molecular weight excluding hydrogens is 431 g/mol. The molecule has 0 unspecified atom stereocenters. The Kier molecular flexibility index (Phi) is 6.39. The molecule has 32 heavy (non-hydrogen) atoms. The number of H-pyrrole nitrogens is 1. The molecule has 4 N–H and O–H groups in total. The highest BCUT2D eigenvalue weighted by Gasteiger charge is 2.12. The fourth-order valence-electron chi connectivity index (χ4n) is 3.56. The zero-order chi connectivity index (χ0) is 22.7. The predicted octanol–water partition coefficient (Wildman–Crippen LogP) is 4.34. The number of methoxy groups -OCH3 is 1. The van der Waals surface area contributed by atoms with Gasteiger partial charge in [-0.1, -0.05) is 23.7 Å². The van der Waals surface area contributed by atoms with Crippen molar-refractivity contribution in [2.45, 2.75) is 19.5 Å². The van der Waals surface area contributed by atoms with Crippen LogP contribution in [0.3, 0.4) is 0 Å². The third-order valence-corrected chi connectivity index (χ3v) is 5.59. The van der Waals surface area contributed by atoms with Crippen LogP contribution in [0.2, 0.25) is 5.02 Å². The van der Waals surface area contributed by atoms with E-state index in [2.05, 4.69) is 15.3 Å². The SMILES string of the molecule is COc1cc(Cc2cc(C(=O)NCc3cc4c(Cl)c[nH]c4cc3F)ccn2)ccc1CN. The zero-order valence-corrected chi connectivity index (χ0v) is 18.2. The van der Waals surface area contributed by atoms with Gasteiger partial charge in [-0.05, 0) is 35.9 Å². The average molecular weight is 453 g/mol. The van der Waals surface area contributed by atoms with Crippen LogP contribution in [0.25, 0.3) is 10.9 Å². The molecule has 0 bridgehead atoms. The number of carbonyl (C=O) groups is 1. The Morgan fingerprint density at radius 3 is 2.84 bits per heavy atom. The molecule has 4 aromatic rings. The van der Waals surface area contributed by atoms with Crippen molar-refractivity contribution >= 4 is 28.4 Å². The van der Waals surface area contributed by atoms with Crippen LogP contribution >= 0.6 is 11.6 Å². The van der Waals surface area contributed by atoms with Gasteiger partial charge in [-0.3, -0.25) is 9.78 Å². The number of amides is 1. The largest absolute Gasteiger partial charge is 0.496 e. The minimum absolute atomic E-state index is 0.0392. The lowest BCUT2D eigenvalue weighted by Crippen LogP contribution is -2.23. The van der Waals surface area contributed by atoms with Gasteiger partial charge >= 0.3 is 0 Å². The van der Waals surface area contributed by atoms with Gasteiger partial charge in [-0.25, -0.2) is 4.39 Å². The quantitative estimate of drug-likeness (QED) is 0.389. The Labute approximate surface area is 189 Å². The van der Waals surface area contributed by atoms with E-state index in [1.54, 1.807) is 37.7 Å². The maximum atomic E-state index is 14.4. The van der Waals surface area contributed by atoms with E-state index in [4.69, 9.17) is 22.1 Å². The minimum atomic E-state index is -0.415. The molecule has 0 aliphatic heterocycles. The summed E-state index contributed by atoms with van der Waals surface area (Å²) in [5.74, 6) is -0.00796. The summed E-state index contributed by atoms with van der Waals surface area (Å²) in [6.07, 6.45) is 3.72. The molecule has 2 heterocycles. The molecule has 0 aliphatic carbocycles. The predicted molar refractivity (Wildman–Crippen MR) is 122 cm³/mol. The molecule has 164 valence electrons. The molecule has 8 heteroatoms. The van der Waals surface area contributed by atoms with Gasteiger partial charge in [0.15, 0.2) is 0 Å². The molecule has 2 aromatic carbocycles. The Balaban J connectivity index is 1.47. The van der Waals surface area contributed by atoms with Crippen LogP contribution in [0.1, 0.15) is 32.7 Å². The van der Waals surface area contributed by atoms with Crippen LogP contribution in [0, 0.1) is 5.82 Å². The molecule has 0 fully saturated rings. The van der Waals surface area contributed by atoms with Crippen molar-refractivity contribution in [3.8, 4) is 5.75 Å². The van der Waals surface area contributed by atoms with E-state index in [0.717, 1.165) is 22.6 Å². The maximum Gasteiger partial charge on any atom is 0.251 e. The van der Waals surface area contributed by atoms with Gasteiger partial charge < -0.3 is 20.8 Å². The van der Waals surface area contributed by atoms with Crippen molar-refractivity contribution in [2.75, 3.05) is 7.11 Å². The molecule has 1 amide bonds. The number of pyridine rings is 1. The number of aromatic nitrogens is 2. The van der Waals surface area contributed by atoms with Crippen molar-refractivity contribution in [1.82, 2.24) is 15.3 Å². The van der Waals surface area contributed by atoms with Gasteiger partial charge in [-0.2, -0.15) is 0 Å². The number of halogens is 2. The van der Waals surface area contributed by atoms with Crippen LogP contribution in [0.15, 0.2) is 54.9 Å². The Hall–Kier alpha value is -3.42. The van der Waals surface area contributed by atoms with E-state index < -0.39 is 5.82 Å². The summed E-state index contributed by atoms with van der Waals surface area (Å²) in [6.45, 7) is 0.429. The monoisotopic (exact) mass is 452 g/mol. The molecule has 4 rings (SSSR count). The number of aromatic amines is 1. The van der Waals surface area contributed by atoms with Gasteiger partial charge in [-0.15, -0.1) is 0 Å². The molecular formula is C24H22ClFN4O2. The van der Waals surface area contributed by atoms with Gasteiger partial charge in [0.2, 0.25) is 0 Å². The zero-order valence-electron chi connectivity index (χ0n) is 17.4. The fraction of sp³-hybridized carbons (Fsp3) is 0.167. The molecule has 0 atom stereocenters. The van der Waals surface area contributed by atoms with Gasteiger partial charge in [0.25, 0.3) is 5.91 Å². The van der Waals surface area contributed by atoms with Crippen molar-refractivity contribution in [3.05, 3.63) is 93.6 Å². The summed E-state index contributed by atoms with van der Waals surface area (Å²) in [6, 6.07) is 12.2. The second kappa shape index (κ2) is 9.38. The summed E-state index contributed by atoms with van der Waals surface area (Å²) in [7, 11) is 1.60. The molecule has 2 aromatic heterocycles. The number of rotatable bonds is 7. The maximum absolute atomic E-state index is 14.4. The van der Waals surface area contributed by atoms with Gasteiger partial charge in [0.05, 0.1) is 12.1 Å². The van der Waals surface area contributed by atoms with E-state index in [1.807, 2.05) is 18.2 Å². The fourth-order valence-corrected chi connectivity index (χ4v) is 3.77. The topological polar surface area (TPSA) is 93.0 Å². The minimum Gasteiger partial charge on any atom is -0.496 e. The standard InChI is InChI=1S/C24H22ClFN4O2/c1-32-23-7-14(2-3-16(23)11-27)6-18-8-15(4-5-28-18)24(31)30-12-17-9-19-20(25)13-29-22(19)10-21(17)26/h2-5,7-10,13,29H,6,11-12,27H2,1H3,(H,30,31). The lowest BCUT2D eigenvalue weighted by Gasteiger charge is -2.10. The molecule has 6 nitrogen and oxygen atoms in total. The number of hydrogen-bond donors (Lipinski definition) is 3. The van der Waals surface area contributed by atoms with Crippen LogP contribution < -0.4 is 15.8 Å². The smallest absolute Gasteiger partial charge is 0.251 e. The molecule has 0 saturated carbocycles. The number of ether oxygens (including phenoxy) is 1. The number of nitrogens with one attached hydrogen (secondary N) is 2. The highest BCUT2D eigenvalue weighted by molar-refractivity contribution is 6.35. The number of benzene rings is 2. The summed E-state index contributed by atoms with van der Waals surface area (Å²) >= 11 is 6.11. The van der Waals surface area contributed by atoms with Crippen LogP contribution in [0.5, 0.6) is 5.75 Å². The first-order chi connectivity index (χ1) is 15.5. The molecule has 0 saturated heterocycles. The summed E-state index contributed by atoms with van der Waals surface area (Å²) < 4.78 is 19.7. The lowest BCUT2D eigenvalue weighted by molar-refractivity contribution is 0.0950. The first-order valence-corrected chi connectivity index (χ1v) is 10.4. The number of nitrogens with zero attached hydrogens (tertiary/aromatic N) is 1. The average Bonchev–Trinajstić information content (AvgIpc) is 3.16. The lowest BCUT2D eigenvalue weighted by atomic mass is 10.0. The second-order valence-electron chi connectivity index (χ2n) is 7.37. The Morgan fingerprint density at radius 1 is 1.22 bits per heavy atom.